The van der Waals surface area contributed by atoms with Gasteiger partial charge in [-0.2, -0.15) is 50.5 Å². The normalized spacial score (nSPS) is 16.1. The highest BCUT2D eigenvalue weighted by atomic mass is 32.1. The summed E-state index contributed by atoms with van der Waals surface area (Å²) in [6.45, 7) is -0.336. The van der Waals surface area contributed by atoms with Crippen molar-refractivity contribution in [2.75, 3.05) is 49.3 Å². The van der Waals surface area contributed by atoms with Crippen LogP contribution in [0.15, 0.2) is 42.9 Å². The number of carboxylic acids is 2. The molecule has 1 aromatic heterocycles. The molecule has 21 N–H and O–H groups in total. The molecule has 1 aliphatic heterocycles. The lowest BCUT2D eigenvalue weighted by molar-refractivity contribution is -0.143. The monoisotopic (exact) mass is 1400 g/mol. The van der Waals surface area contributed by atoms with E-state index in [9.17, 15) is 82.1 Å². The van der Waals surface area contributed by atoms with E-state index in [0.717, 1.165) is 4.90 Å². The fraction of sp³-hybridized carbons (Fsp3) is 0.564. The van der Waals surface area contributed by atoms with Crippen molar-refractivity contribution in [3.8, 4) is 0 Å². The molecule has 0 bridgehead atoms. The lowest BCUT2D eigenvalue weighted by Gasteiger charge is -2.30. The van der Waals surface area contributed by atoms with Crippen LogP contribution >= 0.6 is 50.5 Å². The SMILES string of the molecule is C[C@H](NC(=O)[C@@H]1CCCN1C(=O)[C@H](CC(N)=O)NC(=O)[C@H](CS)NC(=O)[C@H](CS)NC(=O)[C@@H](N)CCC(=O)O)C(=O)N[C@@H](CS)C(=O)NCC(=O)N[C@@H](CCCCN)C(=O)N[C@@H](Cc1c[nH]cn1)C(=O)N[C@@H](Cc1ccccc1)C(=O)N[C@@H](CO)C(=O)N[C@@H](CS)C(=O)O. The van der Waals surface area contributed by atoms with Gasteiger partial charge in [0.1, 0.15) is 66.5 Å². The van der Waals surface area contributed by atoms with Crippen molar-refractivity contribution in [1.29, 1.82) is 0 Å². The van der Waals surface area contributed by atoms with Crippen molar-refractivity contribution in [1.82, 2.24) is 73.4 Å². The van der Waals surface area contributed by atoms with Crippen molar-refractivity contribution < 1.29 is 87.2 Å². The van der Waals surface area contributed by atoms with E-state index < -0.39 is 187 Å². The first-order valence-corrected chi connectivity index (χ1v) is 32.0. The Balaban J connectivity index is 1.69. The number of carboxylic acid groups (broad SMARTS) is 2. The van der Waals surface area contributed by atoms with Crippen LogP contribution < -0.4 is 75.7 Å². The number of rotatable bonds is 42. The minimum Gasteiger partial charge on any atom is -0.481 e. The van der Waals surface area contributed by atoms with Gasteiger partial charge in [0.2, 0.25) is 76.8 Å². The summed E-state index contributed by atoms with van der Waals surface area (Å²) in [5.41, 5.74) is 17.7. The molecule has 13 amide bonds. The number of likely N-dealkylation sites (tertiary alicyclic amines) is 1. The van der Waals surface area contributed by atoms with Gasteiger partial charge >= 0.3 is 11.9 Å². The molecule has 12 atom stereocenters. The van der Waals surface area contributed by atoms with E-state index in [1.165, 1.54) is 19.4 Å². The van der Waals surface area contributed by atoms with Gasteiger partial charge in [0.05, 0.1) is 37.6 Å². The number of imidazole rings is 1. The smallest absolute Gasteiger partial charge is 0.327 e. The van der Waals surface area contributed by atoms with E-state index >= 15 is 0 Å². The molecule has 0 aliphatic carbocycles. The van der Waals surface area contributed by atoms with Gasteiger partial charge in [-0.05, 0) is 57.6 Å². The van der Waals surface area contributed by atoms with Gasteiger partial charge in [0, 0.05) is 55.0 Å². The maximum Gasteiger partial charge on any atom is 0.327 e. The van der Waals surface area contributed by atoms with Gasteiger partial charge in [-0.1, -0.05) is 30.3 Å². The number of thiol groups is 4. The van der Waals surface area contributed by atoms with E-state index in [-0.39, 0.29) is 86.7 Å². The van der Waals surface area contributed by atoms with Gasteiger partial charge in [-0.25, -0.2) is 9.78 Å². The van der Waals surface area contributed by atoms with Gasteiger partial charge in [0.15, 0.2) is 0 Å². The topological polar surface area (TPSA) is 559 Å². The Labute approximate surface area is 561 Å². The van der Waals surface area contributed by atoms with E-state index in [2.05, 4.69) is 119 Å². The van der Waals surface area contributed by atoms with E-state index in [0.29, 0.717) is 12.0 Å². The molecule has 94 heavy (non-hydrogen) atoms. The zero-order valence-corrected chi connectivity index (χ0v) is 54.7. The second-order valence-corrected chi connectivity index (χ2v) is 22.9. The summed E-state index contributed by atoms with van der Waals surface area (Å²) in [7, 11) is 0. The van der Waals surface area contributed by atoms with Crippen LogP contribution in [0.3, 0.4) is 0 Å². The average Bonchev–Trinajstić information content (AvgIpc) is 1.70. The minimum atomic E-state index is -1.68. The number of hydrogen-bond donors (Lipinski definition) is 22. The third-order valence-electron chi connectivity index (χ3n) is 14.2. The number of carbonyl (C=O) groups excluding carboxylic acids is 13. The fourth-order valence-electron chi connectivity index (χ4n) is 9.04. The molecule has 2 heterocycles. The van der Waals surface area contributed by atoms with Crippen molar-refractivity contribution >= 4 is 139 Å². The van der Waals surface area contributed by atoms with Crippen LogP contribution in [0, 0.1) is 0 Å². The van der Waals surface area contributed by atoms with Gasteiger partial charge in [-0.3, -0.25) is 67.1 Å². The fourth-order valence-corrected chi connectivity index (χ4v) is 10.1. The Bertz CT molecular complexity index is 2960. The third kappa shape index (κ3) is 27.0. The quantitative estimate of drug-likeness (QED) is 0.0217. The van der Waals surface area contributed by atoms with E-state index in [1.54, 1.807) is 30.3 Å². The van der Waals surface area contributed by atoms with Gasteiger partial charge < -0.3 is 101 Å². The number of primary amides is 1. The molecule has 1 aromatic carbocycles. The Morgan fingerprint density at radius 2 is 1.13 bits per heavy atom. The average molecular weight is 1400 g/mol. The summed E-state index contributed by atoms with van der Waals surface area (Å²) >= 11 is 16.3. The number of hydrogen-bond acceptors (Lipinski definition) is 23. The summed E-state index contributed by atoms with van der Waals surface area (Å²) in [6.07, 6.45) is 1.80. The summed E-state index contributed by atoms with van der Waals surface area (Å²) < 4.78 is 0. The maximum atomic E-state index is 14.3. The molecule has 2 aromatic rings. The summed E-state index contributed by atoms with van der Waals surface area (Å²) in [5.74, 6) is -16.3. The van der Waals surface area contributed by atoms with E-state index in [4.69, 9.17) is 22.3 Å². The largest absolute Gasteiger partial charge is 0.481 e. The lowest BCUT2D eigenvalue weighted by Crippen LogP contribution is -2.60. The first-order valence-electron chi connectivity index (χ1n) is 29.5. The van der Waals surface area contributed by atoms with Crippen LogP contribution in [0.4, 0.5) is 0 Å². The lowest BCUT2D eigenvalue weighted by atomic mass is 10.0. The maximum absolute atomic E-state index is 14.3. The molecular formula is C55H83N17O18S4. The number of carbonyl (C=O) groups is 15. The molecule has 3 rings (SSSR count). The number of nitrogens with two attached hydrogens (primary N) is 3. The molecule has 39 heteroatoms. The number of aromatic nitrogens is 2. The van der Waals surface area contributed by atoms with Gasteiger partial charge in [-0.15, -0.1) is 0 Å². The highest BCUT2D eigenvalue weighted by Gasteiger charge is 2.41. The number of benzene rings is 1. The van der Waals surface area contributed by atoms with Crippen molar-refractivity contribution in [2.24, 2.45) is 17.2 Å². The van der Waals surface area contributed by atoms with Crippen LogP contribution in [0.25, 0.3) is 0 Å². The number of aliphatic hydroxyl groups excluding tert-OH is 1. The predicted molar refractivity (Wildman–Crippen MR) is 347 cm³/mol. The highest BCUT2D eigenvalue weighted by Crippen LogP contribution is 2.20. The minimum absolute atomic E-state index is 0.0340. The Morgan fingerprint density at radius 1 is 0.617 bits per heavy atom. The molecule has 1 saturated heterocycles. The summed E-state index contributed by atoms with van der Waals surface area (Å²) in [6, 6.07) is -9.08. The summed E-state index contributed by atoms with van der Waals surface area (Å²) in [5, 5.41) is 54.8. The number of nitrogens with one attached hydrogen (secondary N) is 12. The molecule has 0 saturated carbocycles. The number of aliphatic carboxylic acids is 2. The van der Waals surface area contributed by atoms with Crippen molar-refractivity contribution in [3.63, 3.8) is 0 Å². The van der Waals surface area contributed by atoms with E-state index in [1.807, 2.05) is 0 Å². The molecule has 1 aliphatic rings. The van der Waals surface area contributed by atoms with Crippen LogP contribution in [0.1, 0.15) is 69.5 Å². The molecule has 0 unspecified atom stereocenters. The number of H-pyrrole nitrogens is 1. The number of aliphatic hydroxyl groups is 1. The standard InChI is InChI=1S/C55H83N17O18S4/c1-27(62-53(87)40-11-7-15-72(40)54(88)34(18-41(58)74)66-51(85)38(24-93)70-52(86)37(23-92)69-45(79)30(57)12-13-43(76)77)44(78)68-36(22-91)46(80)60-20-42(75)63-31(10-5-6-14-56)47(81)65-33(17-29-19-59-26-61-29)49(83)64-32(16-28-8-3-2-4-9-28)48(82)67-35(21-73)50(84)71-39(25-94)55(89)90/h2-4,8-9,19,26-27,30-40,73,91-94H,5-7,10-18,20-25,56-57H2,1H3,(H2,58,74)(H,59,61)(H,60,80)(H,62,87)(H,63,75)(H,64,83)(H,65,81)(H,66,85)(H,67,82)(H,68,78)(H,69,79)(H,70,86)(H,71,84)(H,76,77)(H,89,90)/t27-,30-,31-,32-,33-,34-,35-,36-,37-,38-,39-,40-/m0/s1. The van der Waals surface area contributed by atoms with Crippen molar-refractivity contribution in [3.05, 3.63) is 54.1 Å². The second-order valence-electron chi connectivity index (χ2n) is 21.4. The van der Waals surface area contributed by atoms with Crippen LogP contribution in [-0.4, -0.2) is 241 Å². The molecule has 0 radical (unpaired) electrons. The molecular weight excluding hydrogens is 1310 g/mol. The van der Waals surface area contributed by atoms with Crippen molar-refractivity contribution in [2.45, 2.75) is 144 Å². The highest BCUT2D eigenvalue weighted by molar-refractivity contribution is 7.80. The zero-order valence-electron chi connectivity index (χ0n) is 51.1. The van der Waals surface area contributed by atoms with Crippen LogP contribution in [0.2, 0.25) is 0 Å². The Morgan fingerprint density at radius 3 is 1.67 bits per heavy atom. The third-order valence-corrected chi connectivity index (χ3v) is 15.7. The number of nitrogens with zero attached hydrogens (tertiary/aromatic N) is 2. The number of aromatic amines is 1. The number of amides is 13. The second kappa shape index (κ2) is 41.5. The molecule has 35 nitrogen and oxygen atoms in total. The predicted octanol–water partition coefficient (Wildman–Crippen LogP) is -7.84. The van der Waals surface area contributed by atoms with Crippen LogP contribution in [0.5, 0.6) is 0 Å². The van der Waals surface area contributed by atoms with Gasteiger partial charge in [0.25, 0.3) is 0 Å². The first-order chi connectivity index (χ1) is 44.6. The zero-order chi connectivity index (χ0) is 70.2. The summed E-state index contributed by atoms with van der Waals surface area (Å²) in [4.78, 5) is 205. The van der Waals surface area contributed by atoms with Crippen LogP contribution in [-0.2, 0) is 84.8 Å². The Hall–Kier alpha value is -8.24. The Kier molecular flexibility index (Phi) is 35.3. The molecule has 520 valence electrons. The first kappa shape index (κ1) is 80.0. The number of unbranched alkanes of at least 4 members (excludes halogenated alkanes) is 1. The molecule has 1 fully saturated rings. The molecule has 0 spiro atoms.